The summed E-state index contributed by atoms with van der Waals surface area (Å²) >= 11 is 0. The minimum absolute atomic E-state index is 0.00434. The van der Waals surface area contributed by atoms with E-state index in [2.05, 4.69) is 9.97 Å². The first-order valence-electron chi connectivity index (χ1n) is 8.02. The molecule has 0 aliphatic carbocycles. The van der Waals surface area contributed by atoms with Crippen molar-refractivity contribution >= 4 is 17.0 Å². The summed E-state index contributed by atoms with van der Waals surface area (Å²) in [5.41, 5.74) is 2.36. The third-order valence-electron chi connectivity index (χ3n) is 4.31. The van der Waals surface area contributed by atoms with E-state index >= 15 is 0 Å². The standard InChI is InChI=1S/C19H14FN3O4/c20-11-3-1-2-10(6-11)17-13(8-16(24)25)18(26)19(27)23(17)12-4-5-14-15(7-12)22-9-21-14/h1-7,9,26-27H,8H2,(H,21,22)(H,24,25). The molecule has 0 aliphatic rings. The molecule has 4 aromatic rings. The van der Waals surface area contributed by atoms with Gasteiger partial charge in [-0.1, -0.05) is 12.1 Å². The Bertz CT molecular complexity index is 1180. The van der Waals surface area contributed by atoms with Crippen LogP contribution >= 0.6 is 0 Å². The number of benzene rings is 2. The molecule has 8 heteroatoms. The van der Waals surface area contributed by atoms with Crippen LogP contribution < -0.4 is 0 Å². The second-order valence-corrected chi connectivity index (χ2v) is 6.02. The molecule has 0 radical (unpaired) electrons. The van der Waals surface area contributed by atoms with Crippen molar-refractivity contribution in [2.45, 2.75) is 6.42 Å². The van der Waals surface area contributed by atoms with Gasteiger partial charge in [-0.25, -0.2) is 9.37 Å². The van der Waals surface area contributed by atoms with Crippen LogP contribution in [0, 0.1) is 5.82 Å². The molecule has 2 heterocycles. The number of fused-ring (bicyclic) bond motifs is 1. The number of aromatic nitrogens is 3. The molecule has 27 heavy (non-hydrogen) atoms. The molecule has 0 atom stereocenters. The van der Waals surface area contributed by atoms with Gasteiger partial charge >= 0.3 is 5.97 Å². The van der Waals surface area contributed by atoms with Crippen molar-refractivity contribution in [1.29, 1.82) is 0 Å². The molecule has 0 unspecified atom stereocenters. The molecule has 0 spiro atoms. The summed E-state index contributed by atoms with van der Waals surface area (Å²) in [6, 6.07) is 10.6. The van der Waals surface area contributed by atoms with E-state index in [0.717, 1.165) is 0 Å². The monoisotopic (exact) mass is 367 g/mol. The molecular formula is C19H14FN3O4. The highest BCUT2D eigenvalue weighted by Gasteiger charge is 2.26. The molecule has 7 nitrogen and oxygen atoms in total. The molecule has 0 saturated heterocycles. The Morgan fingerprint density at radius 1 is 1.19 bits per heavy atom. The lowest BCUT2D eigenvalue weighted by molar-refractivity contribution is -0.136. The maximum absolute atomic E-state index is 13.8. The first kappa shape index (κ1) is 16.6. The van der Waals surface area contributed by atoms with E-state index in [1.54, 1.807) is 24.3 Å². The minimum atomic E-state index is -1.19. The number of carboxylic acid groups (broad SMARTS) is 1. The number of aromatic amines is 1. The van der Waals surface area contributed by atoms with Crippen LogP contribution in [-0.2, 0) is 11.2 Å². The number of nitrogens with zero attached hydrogens (tertiary/aromatic N) is 2. The summed E-state index contributed by atoms with van der Waals surface area (Å²) in [5.74, 6) is -2.79. The lowest BCUT2D eigenvalue weighted by Crippen LogP contribution is -2.03. The van der Waals surface area contributed by atoms with Crippen LogP contribution in [-0.4, -0.2) is 35.8 Å². The highest BCUT2D eigenvalue weighted by molar-refractivity contribution is 5.83. The number of carboxylic acids is 1. The maximum atomic E-state index is 13.8. The summed E-state index contributed by atoms with van der Waals surface area (Å²) < 4.78 is 15.1. The number of H-pyrrole nitrogens is 1. The number of aliphatic carboxylic acids is 1. The zero-order chi connectivity index (χ0) is 19.1. The molecular weight excluding hydrogens is 353 g/mol. The van der Waals surface area contributed by atoms with Crippen LogP contribution in [0.5, 0.6) is 11.6 Å². The van der Waals surface area contributed by atoms with Crippen molar-refractivity contribution in [3.63, 3.8) is 0 Å². The van der Waals surface area contributed by atoms with Gasteiger partial charge in [0.15, 0.2) is 5.75 Å². The Balaban J connectivity index is 2.04. The summed E-state index contributed by atoms with van der Waals surface area (Å²) in [5, 5.41) is 30.1. The van der Waals surface area contributed by atoms with Crippen LogP contribution in [0.15, 0.2) is 48.8 Å². The van der Waals surface area contributed by atoms with Gasteiger partial charge in [0.1, 0.15) is 5.82 Å². The number of aromatic hydroxyl groups is 2. The Labute approximate surface area is 152 Å². The molecule has 4 N–H and O–H groups in total. The number of hydrogen-bond donors (Lipinski definition) is 4. The predicted octanol–water partition coefficient (Wildman–Crippen LogP) is 3.20. The molecule has 0 amide bonds. The number of carbonyl (C=O) groups is 1. The van der Waals surface area contributed by atoms with E-state index in [0.29, 0.717) is 22.3 Å². The topological polar surface area (TPSA) is 111 Å². The first-order valence-corrected chi connectivity index (χ1v) is 8.02. The molecule has 2 aromatic heterocycles. The SMILES string of the molecule is O=C(O)Cc1c(O)c(O)n(-c2ccc3nc[nH]c3c2)c1-c1cccc(F)c1. The van der Waals surface area contributed by atoms with Gasteiger partial charge < -0.3 is 20.3 Å². The van der Waals surface area contributed by atoms with Crippen molar-refractivity contribution in [2.75, 3.05) is 0 Å². The smallest absolute Gasteiger partial charge is 0.308 e. The van der Waals surface area contributed by atoms with Gasteiger partial charge in [-0.05, 0) is 30.3 Å². The van der Waals surface area contributed by atoms with Crippen molar-refractivity contribution in [3.05, 3.63) is 60.2 Å². The Morgan fingerprint density at radius 3 is 2.74 bits per heavy atom. The molecule has 136 valence electrons. The average molecular weight is 367 g/mol. The van der Waals surface area contributed by atoms with Gasteiger partial charge in [0.05, 0.1) is 35.2 Å². The van der Waals surface area contributed by atoms with E-state index < -0.39 is 29.8 Å². The Kier molecular flexibility index (Phi) is 3.80. The number of rotatable bonds is 4. The number of imidazole rings is 1. The largest absolute Gasteiger partial charge is 0.503 e. The summed E-state index contributed by atoms with van der Waals surface area (Å²) in [6.45, 7) is 0. The fourth-order valence-electron chi connectivity index (χ4n) is 3.17. The predicted molar refractivity (Wildman–Crippen MR) is 95.5 cm³/mol. The molecule has 0 bridgehead atoms. The second-order valence-electron chi connectivity index (χ2n) is 6.02. The maximum Gasteiger partial charge on any atom is 0.308 e. The fourth-order valence-corrected chi connectivity index (χ4v) is 3.17. The molecule has 0 fully saturated rings. The van der Waals surface area contributed by atoms with Crippen LogP contribution in [0.3, 0.4) is 0 Å². The van der Waals surface area contributed by atoms with Gasteiger partial charge in [0, 0.05) is 11.1 Å². The Hall–Kier alpha value is -3.81. The van der Waals surface area contributed by atoms with E-state index in [1.807, 2.05) is 0 Å². The minimum Gasteiger partial charge on any atom is -0.503 e. The van der Waals surface area contributed by atoms with Crippen LogP contribution in [0.4, 0.5) is 4.39 Å². The number of nitrogens with one attached hydrogen (secondary N) is 1. The Morgan fingerprint density at radius 2 is 2.00 bits per heavy atom. The zero-order valence-corrected chi connectivity index (χ0v) is 13.8. The normalized spacial score (nSPS) is 11.1. The second kappa shape index (κ2) is 6.17. The molecule has 0 saturated carbocycles. The zero-order valence-electron chi connectivity index (χ0n) is 13.8. The van der Waals surface area contributed by atoms with Crippen LogP contribution in [0.2, 0.25) is 0 Å². The van der Waals surface area contributed by atoms with Crippen molar-refractivity contribution in [1.82, 2.24) is 14.5 Å². The summed E-state index contributed by atoms with van der Waals surface area (Å²) in [4.78, 5) is 18.4. The van der Waals surface area contributed by atoms with Crippen LogP contribution in [0.1, 0.15) is 5.56 Å². The quantitative estimate of drug-likeness (QED) is 0.443. The van der Waals surface area contributed by atoms with Gasteiger partial charge in [0.25, 0.3) is 0 Å². The third-order valence-corrected chi connectivity index (χ3v) is 4.31. The molecule has 2 aromatic carbocycles. The van der Waals surface area contributed by atoms with Crippen LogP contribution in [0.25, 0.3) is 28.0 Å². The van der Waals surface area contributed by atoms with E-state index in [9.17, 15) is 24.5 Å². The summed E-state index contributed by atoms with van der Waals surface area (Å²) in [7, 11) is 0. The van der Waals surface area contributed by atoms with Crippen molar-refractivity contribution in [3.8, 4) is 28.6 Å². The van der Waals surface area contributed by atoms with Crippen molar-refractivity contribution in [2.24, 2.45) is 0 Å². The lowest BCUT2D eigenvalue weighted by Gasteiger charge is -2.12. The highest BCUT2D eigenvalue weighted by atomic mass is 19.1. The molecule has 0 aliphatic heterocycles. The average Bonchev–Trinajstić information content (AvgIpc) is 3.19. The first-order chi connectivity index (χ1) is 13.0. The highest BCUT2D eigenvalue weighted by Crippen LogP contribution is 2.43. The van der Waals surface area contributed by atoms with Gasteiger partial charge in [-0.2, -0.15) is 0 Å². The lowest BCUT2D eigenvalue weighted by atomic mass is 10.0. The van der Waals surface area contributed by atoms with Gasteiger partial charge in [0.2, 0.25) is 5.88 Å². The third kappa shape index (κ3) is 2.77. The van der Waals surface area contributed by atoms with Gasteiger partial charge in [-0.3, -0.25) is 9.36 Å². The summed E-state index contributed by atoms with van der Waals surface area (Å²) in [6.07, 6.45) is 0.981. The fraction of sp³-hybridized carbons (Fsp3) is 0.0526. The van der Waals surface area contributed by atoms with E-state index in [-0.39, 0.29) is 11.3 Å². The van der Waals surface area contributed by atoms with Crippen molar-refractivity contribution < 1.29 is 24.5 Å². The van der Waals surface area contributed by atoms with Gasteiger partial charge in [-0.15, -0.1) is 0 Å². The number of halogens is 1. The van der Waals surface area contributed by atoms with E-state index in [4.69, 9.17) is 0 Å². The molecule has 4 rings (SSSR count). The van der Waals surface area contributed by atoms with E-state index in [1.165, 1.54) is 29.1 Å². The number of hydrogen-bond acceptors (Lipinski definition) is 4.